The minimum absolute atomic E-state index is 0.0158. The Bertz CT molecular complexity index is 491. The summed E-state index contributed by atoms with van der Waals surface area (Å²) < 4.78 is 5.69. The minimum atomic E-state index is 0.0158. The van der Waals surface area contributed by atoms with E-state index >= 15 is 0 Å². The smallest absolute Gasteiger partial charge is 0.321 e. The molecule has 2 fully saturated rings. The molecule has 2 atom stereocenters. The highest BCUT2D eigenvalue weighted by Crippen LogP contribution is 2.46. The zero-order chi connectivity index (χ0) is 14.7. The fourth-order valence-corrected chi connectivity index (χ4v) is 4.00. The summed E-state index contributed by atoms with van der Waals surface area (Å²) in [7, 11) is 1.81. The highest BCUT2D eigenvalue weighted by Gasteiger charge is 2.46. The molecule has 1 aromatic carbocycles. The maximum Gasteiger partial charge on any atom is 0.321 e. The van der Waals surface area contributed by atoms with Crippen LogP contribution in [0.3, 0.4) is 0 Å². The van der Waals surface area contributed by atoms with Crippen LogP contribution in [0.25, 0.3) is 0 Å². The summed E-state index contributed by atoms with van der Waals surface area (Å²) in [5.74, 6) is 0. The molecule has 1 heterocycles. The third-order valence-electron chi connectivity index (χ3n) is 5.03. The Kier molecular flexibility index (Phi) is 4.15. The fraction of sp³-hybridized carbons (Fsp3) is 0.588. The van der Waals surface area contributed by atoms with Crippen LogP contribution >= 0.6 is 0 Å². The topological polar surface area (TPSA) is 41.6 Å². The van der Waals surface area contributed by atoms with E-state index in [1.165, 1.54) is 19.3 Å². The van der Waals surface area contributed by atoms with Gasteiger partial charge in [-0.05, 0) is 37.8 Å². The van der Waals surface area contributed by atoms with Gasteiger partial charge in [0.25, 0.3) is 0 Å². The Balaban J connectivity index is 1.67. The van der Waals surface area contributed by atoms with Gasteiger partial charge < -0.3 is 15.0 Å². The van der Waals surface area contributed by atoms with Crippen LogP contribution in [-0.4, -0.2) is 37.2 Å². The number of nitrogens with zero attached hydrogens (tertiary/aromatic N) is 1. The average molecular weight is 288 g/mol. The molecule has 4 nitrogen and oxygen atoms in total. The summed E-state index contributed by atoms with van der Waals surface area (Å²) in [6.45, 7) is 1.67. The van der Waals surface area contributed by atoms with Gasteiger partial charge in [0.15, 0.2) is 0 Å². The van der Waals surface area contributed by atoms with Crippen molar-refractivity contribution in [3.8, 4) is 0 Å². The second-order valence-electron chi connectivity index (χ2n) is 6.30. The van der Waals surface area contributed by atoms with E-state index in [0.29, 0.717) is 6.10 Å². The number of piperidine rings is 1. The van der Waals surface area contributed by atoms with Crippen molar-refractivity contribution < 1.29 is 9.53 Å². The second kappa shape index (κ2) is 6.06. The van der Waals surface area contributed by atoms with Gasteiger partial charge in [-0.2, -0.15) is 0 Å². The number of anilines is 1. The van der Waals surface area contributed by atoms with E-state index in [0.717, 1.165) is 31.6 Å². The van der Waals surface area contributed by atoms with Gasteiger partial charge in [0, 0.05) is 31.3 Å². The first-order valence-corrected chi connectivity index (χ1v) is 7.87. The minimum Gasteiger partial charge on any atom is -0.381 e. The number of carbonyl (C=O) groups is 1. The number of amides is 2. The number of hydrogen-bond acceptors (Lipinski definition) is 2. The van der Waals surface area contributed by atoms with Crippen molar-refractivity contribution in [2.45, 2.75) is 38.2 Å². The van der Waals surface area contributed by atoms with Crippen LogP contribution in [-0.2, 0) is 4.74 Å². The molecule has 2 amide bonds. The number of benzene rings is 1. The lowest BCUT2D eigenvalue weighted by atomic mass is 9.76. The molecular weight excluding hydrogens is 264 g/mol. The Hall–Kier alpha value is -1.55. The van der Waals surface area contributed by atoms with E-state index in [2.05, 4.69) is 5.32 Å². The third kappa shape index (κ3) is 2.91. The van der Waals surface area contributed by atoms with Crippen molar-refractivity contribution in [3.63, 3.8) is 0 Å². The van der Waals surface area contributed by atoms with Crippen LogP contribution in [0.2, 0.25) is 0 Å². The molecule has 1 saturated carbocycles. The normalized spacial score (nSPS) is 28.8. The van der Waals surface area contributed by atoms with Crippen LogP contribution in [0.5, 0.6) is 0 Å². The van der Waals surface area contributed by atoms with Gasteiger partial charge in [-0.25, -0.2) is 4.79 Å². The summed E-state index contributed by atoms with van der Waals surface area (Å²) in [6, 6.07) is 9.68. The zero-order valence-electron chi connectivity index (χ0n) is 12.7. The average Bonchev–Trinajstić information content (AvgIpc) is 2.90. The lowest BCUT2D eigenvalue weighted by Gasteiger charge is -2.43. The monoisotopic (exact) mass is 288 g/mol. The van der Waals surface area contributed by atoms with Crippen molar-refractivity contribution in [2.75, 3.05) is 25.5 Å². The number of urea groups is 1. The predicted octanol–water partition coefficient (Wildman–Crippen LogP) is 3.50. The van der Waals surface area contributed by atoms with Crippen molar-refractivity contribution in [2.24, 2.45) is 5.41 Å². The lowest BCUT2D eigenvalue weighted by molar-refractivity contribution is -0.0244. The first-order valence-electron chi connectivity index (χ1n) is 7.87. The number of hydrogen-bond donors (Lipinski definition) is 1. The first kappa shape index (κ1) is 14.4. The second-order valence-corrected chi connectivity index (χ2v) is 6.30. The molecular formula is C17H24N2O2. The van der Waals surface area contributed by atoms with Crippen molar-refractivity contribution in [3.05, 3.63) is 30.3 Å². The quantitative estimate of drug-likeness (QED) is 0.905. The number of para-hydroxylation sites is 1. The molecule has 0 unspecified atom stereocenters. The van der Waals surface area contributed by atoms with Gasteiger partial charge >= 0.3 is 6.03 Å². The molecule has 1 aliphatic heterocycles. The summed E-state index contributed by atoms with van der Waals surface area (Å²) in [6.07, 6.45) is 6.09. The van der Waals surface area contributed by atoms with Crippen molar-refractivity contribution >= 4 is 11.7 Å². The number of methoxy groups -OCH3 is 1. The van der Waals surface area contributed by atoms with Gasteiger partial charge in [0.2, 0.25) is 0 Å². The zero-order valence-corrected chi connectivity index (χ0v) is 12.7. The Morgan fingerprint density at radius 1 is 1.29 bits per heavy atom. The molecule has 1 saturated heterocycles. The Labute approximate surface area is 126 Å². The largest absolute Gasteiger partial charge is 0.381 e. The summed E-state index contributed by atoms with van der Waals surface area (Å²) >= 11 is 0. The van der Waals surface area contributed by atoms with E-state index < -0.39 is 0 Å². The molecule has 1 N–H and O–H groups in total. The molecule has 3 rings (SSSR count). The lowest BCUT2D eigenvalue weighted by Crippen LogP contribution is -2.51. The molecule has 1 aromatic rings. The van der Waals surface area contributed by atoms with E-state index in [-0.39, 0.29) is 11.4 Å². The van der Waals surface area contributed by atoms with E-state index in [4.69, 9.17) is 4.74 Å². The molecule has 4 heteroatoms. The van der Waals surface area contributed by atoms with E-state index in [1.807, 2.05) is 35.2 Å². The van der Waals surface area contributed by atoms with Gasteiger partial charge in [0.1, 0.15) is 0 Å². The number of rotatable bonds is 2. The van der Waals surface area contributed by atoms with Crippen LogP contribution in [0.1, 0.15) is 32.1 Å². The first-order chi connectivity index (χ1) is 10.2. The molecule has 0 bridgehead atoms. The van der Waals surface area contributed by atoms with Crippen LogP contribution in [0.4, 0.5) is 10.5 Å². The summed E-state index contributed by atoms with van der Waals surface area (Å²) in [4.78, 5) is 14.4. The summed E-state index contributed by atoms with van der Waals surface area (Å²) in [5.41, 5.74) is 1.04. The number of nitrogens with one attached hydrogen (secondary N) is 1. The third-order valence-corrected chi connectivity index (χ3v) is 5.03. The molecule has 114 valence electrons. The molecule has 0 radical (unpaired) electrons. The molecule has 1 spiro atoms. The predicted molar refractivity (Wildman–Crippen MR) is 83.3 cm³/mol. The summed E-state index contributed by atoms with van der Waals surface area (Å²) in [5, 5.41) is 3.00. The van der Waals surface area contributed by atoms with E-state index in [9.17, 15) is 4.79 Å². The van der Waals surface area contributed by atoms with Gasteiger partial charge in [-0.15, -0.1) is 0 Å². The van der Waals surface area contributed by atoms with Crippen molar-refractivity contribution in [1.82, 2.24) is 4.90 Å². The van der Waals surface area contributed by atoms with Gasteiger partial charge in [0.05, 0.1) is 6.10 Å². The number of likely N-dealkylation sites (tertiary alicyclic amines) is 1. The molecule has 21 heavy (non-hydrogen) atoms. The van der Waals surface area contributed by atoms with Crippen LogP contribution in [0.15, 0.2) is 30.3 Å². The molecule has 1 aliphatic carbocycles. The van der Waals surface area contributed by atoms with Gasteiger partial charge in [-0.1, -0.05) is 24.6 Å². The Morgan fingerprint density at radius 2 is 2.05 bits per heavy atom. The van der Waals surface area contributed by atoms with Crippen molar-refractivity contribution in [1.29, 1.82) is 0 Å². The number of ether oxygens (including phenoxy) is 1. The Morgan fingerprint density at radius 3 is 2.81 bits per heavy atom. The SMILES string of the molecule is CO[C@@H]1CCC[C@]12CCCN(C(=O)Nc1ccccc1)C2. The molecule has 2 aliphatic rings. The fourth-order valence-electron chi connectivity index (χ4n) is 4.00. The maximum absolute atomic E-state index is 12.5. The van der Waals surface area contributed by atoms with Crippen LogP contribution in [0, 0.1) is 5.41 Å². The standard InChI is InChI=1S/C17H24N2O2/c1-21-15-9-5-10-17(15)11-6-12-19(13-17)16(20)18-14-7-3-2-4-8-14/h2-4,7-8,15H,5-6,9-13H2,1H3,(H,18,20)/t15-,17-/m1/s1. The van der Waals surface area contributed by atoms with E-state index in [1.54, 1.807) is 7.11 Å². The molecule has 0 aromatic heterocycles. The van der Waals surface area contributed by atoms with Crippen LogP contribution < -0.4 is 5.32 Å². The highest BCUT2D eigenvalue weighted by molar-refractivity contribution is 5.89. The van der Waals surface area contributed by atoms with Gasteiger partial charge in [-0.3, -0.25) is 0 Å². The number of carbonyl (C=O) groups excluding carboxylic acids is 1. The maximum atomic E-state index is 12.5. The highest BCUT2D eigenvalue weighted by atomic mass is 16.5.